The maximum absolute atomic E-state index is 14.0. The lowest BCUT2D eigenvalue weighted by atomic mass is 9.71. The second-order valence-corrected chi connectivity index (χ2v) is 25.3. The monoisotopic (exact) mass is 1190 g/mol. The molecule has 6 aromatic carbocycles. The molecule has 20 heteroatoms. The fourth-order valence-electron chi connectivity index (χ4n) is 11.2. The number of fused-ring (bicyclic) bond motifs is 1. The van der Waals surface area contributed by atoms with Crippen LogP contribution in [0.2, 0.25) is 0 Å². The summed E-state index contributed by atoms with van der Waals surface area (Å²) in [4.78, 5) is 52.3. The fourth-order valence-corrected chi connectivity index (χ4v) is 12.7. The smallest absolute Gasteiger partial charge is 0.358 e. The van der Waals surface area contributed by atoms with Crippen LogP contribution in [0.5, 0.6) is 11.5 Å². The molecule has 0 bridgehead atoms. The van der Waals surface area contributed by atoms with E-state index in [2.05, 4.69) is 10.3 Å². The molecule has 0 saturated carbocycles. The molecule has 0 aliphatic carbocycles. The Balaban J connectivity index is 0.908. The Hall–Kier alpha value is -8.10. The summed E-state index contributed by atoms with van der Waals surface area (Å²) in [6.45, 7) is 11.8. The Labute approximate surface area is 490 Å². The number of ether oxygens (including phenoxy) is 4. The second-order valence-electron chi connectivity index (χ2n) is 22.3. The zero-order valence-electron chi connectivity index (χ0n) is 47.7. The number of aromatic hydroxyl groups is 2. The van der Waals surface area contributed by atoms with Gasteiger partial charge in [0.25, 0.3) is 0 Å². The van der Waals surface area contributed by atoms with E-state index in [9.17, 15) is 46.2 Å². The largest absolute Gasteiger partial charge is 0.508 e. The lowest BCUT2D eigenvalue weighted by Crippen LogP contribution is -2.37. The molecule has 0 radical (unpaired) electrons. The summed E-state index contributed by atoms with van der Waals surface area (Å²) in [5, 5.41) is 28.7. The van der Waals surface area contributed by atoms with Crippen molar-refractivity contribution >= 4 is 67.3 Å². The van der Waals surface area contributed by atoms with Gasteiger partial charge in [-0.05, 0) is 158 Å². The van der Waals surface area contributed by atoms with Crippen molar-refractivity contribution in [2.75, 3.05) is 13.2 Å². The van der Waals surface area contributed by atoms with Gasteiger partial charge in [-0.15, -0.1) is 0 Å². The number of esters is 4. The van der Waals surface area contributed by atoms with Crippen LogP contribution < -0.4 is 0 Å². The third-order valence-electron chi connectivity index (χ3n) is 16.0. The van der Waals surface area contributed by atoms with E-state index in [4.69, 9.17) is 27.5 Å². The van der Waals surface area contributed by atoms with E-state index >= 15 is 0 Å². The molecule has 0 aromatic heterocycles. The zero-order chi connectivity index (χ0) is 60.4. The van der Waals surface area contributed by atoms with Gasteiger partial charge in [0.1, 0.15) is 21.3 Å². The van der Waals surface area contributed by atoms with E-state index in [1.807, 2.05) is 41.5 Å². The fraction of sp³-hybridized carbons (Fsp3) is 0.375. The van der Waals surface area contributed by atoms with Gasteiger partial charge in [-0.3, -0.25) is 18.2 Å². The minimum Gasteiger partial charge on any atom is -0.508 e. The minimum absolute atomic E-state index is 0.118. The molecule has 2 N–H and O–H groups in total. The number of nitrogens with zero attached hydrogens (tertiary/aromatic N) is 2. The SMILES string of the molecule is CCC(CC(C)(CC(C)c1ccc(O)cc1)C(=O)OC1CCOC1=O)c1ccc(S(=O)(=O)O/N=C/c2ccc(/C=N/OS(=O)(=O)c3ccc(C(CC)CC(C)(CC(C)c4ccc(O)cc4)C(=O)OC4CCOC4=O)cc3)c3ccccc23)cc1. The first-order valence-electron chi connectivity index (χ1n) is 28.0. The first-order chi connectivity index (χ1) is 40.0. The first-order valence-corrected chi connectivity index (χ1v) is 30.8. The van der Waals surface area contributed by atoms with Crippen molar-refractivity contribution in [1.29, 1.82) is 0 Å². The number of carbonyl (C=O) groups excluding carboxylic acids is 4. The second kappa shape index (κ2) is 26.6. The van der Waals surface area contributed by atoms with E-state index in [1.165, 1.54) is 36.7 Å². The van der Waals surface area contributed by atoms with Crippen LogP contribution in [0.15, 0.2) is 154 Å². The summed E-state index contributed by atoms with van der Waals surface area (Å²) in [7, 11) is -8.82. The average Bonchev–Trinajstić information content (AvgIpc) is 3.60. The van der Waals surface area contributed by atoms with Crippen molar-refractivity contribution in [3.05, 3.63) is 167 Å². The molecular formula is C64H70N2O16S2. The van der Waals surface area contributed by atoms with Crippen LogP contribution in [0.3, 0.4) is 0 Å². The van der Waals surface area contributed by atoms with Crippen LogP contribution >= 0.6 is 0 Å². The highest BCUT2D eigenvalue weighted by molar-refractivity contribution is 7.87. The van der Waals surface area contributed by atoms with E-state index in [0.717, 1.165) is 22.3 Å². The normalized spacial score (nSPS) is 18.5. The predicted octanol–water partition coefficient (Wildman–Crippen LogP) is 11.6. The number of phenolic OH excluding ortho intramolecular Hbond substituents is 2. The van der Waals surface area contributed by atoms with Gasteiger partial charge in [-0.25, -0.2) is 9.59 Å². The van der Waals surface area contributed by atoms with Gasteiger partial charge < -0.3 is 29.2 Å². The number of rotatable bonds is 26. The summed E-state index contributed by atoms with van der Waals surface area (Å²) >= 11 is 0. The molecule has 0 spiro atoms. The summed E-state index contributed by atoms with van der Waals surface area (Å²) in [6, 6.07) is 36.2. The third kappa shape index (κ3) is 15.0. The van der Waals surface area contributed by atoms with Crippen molar-refractivity contribution in [3.63, 3.8) is 0 Å². The maximum atomic E-state index is 14.0. The molecule has 8 atom stereocenters. The Morgan fingerprint density at radius 2 is 0.893 bits per heavy atom. The van der Waals surface area contributed by atoms with Gasteiger partial charge in [0.2, 0.25) is 12.2 Å². The van der Waals surface area contributed by atoms with Crippen molar-refractivity contribution in [2.24, 2.45) is 21.1 Å². The van der Waals surface area contributed by atoms with Crippen molar-refractivity contribution in [3.8, 4) is 11.5 Å². The molecule has 2 aliphatic rings. The molecule has 84 heavy (non-hydrogen) atoms. The molecule has 0 amide bonds. The van der Waals surface area contributed by atoms with Crippen LogP contribution in [-0.2, 0) is 66.9 Å². The van der Waals surface area contributed by atoms with E-state index in [1.54, 1.807) is 109 Å². The number of hydrogen-bond acceptors (Lipinski definition) is 18. The molecule has 2 aliphatic heterocycles. The molecule has 18 nitrogen and oxygen atoms in total. The number of benzene rings is 6. The zero-order valence-corrected chi connectivity index (χ0v) is 49.3. The predicted molar refractivity (Wildman–Crippen MR) is 313 cm³/mol. The molecule has 8 rings (SSSR count). The lowest BCUT2D eigenvalue weighted by Gasteiger charge is -2.34. The number of hydrogen-bond donors (Lipinski definition) is 2. The number of oxime groups is 2. The van der Waals surface area contributed by atoms with Gasteiger partial charge in [-0.1, -0.05) is 123 Å². The van der Waals surface area contributed by atoms with E-state index in [-0.39, 0.29) is 71.0 Å². The highest BCUT2D eigenvalue weighted by Gasteiger charge is 2.44. The highest BCUT2D eigenvalue weighted by atomic mass is 32.2. The summed E-state index contributed by atoms with van der Waals surface area (Å²) in [5.41, 5.74) is 2.16. The number of carbonyl (C=O) groups is 4. The Kier molecular flexibility index (Phi) is 19.7. The van der Waals surface area contributed by atoms with Crippen molar-refractivity contribution in [2.45, 2.75) is 139 Å². The van der Waals surface area contributed by atoms with Gasteiger partial charge in [0.05, 0.1) is 36.5 Å². The highest BCUT2D eigenvalue weighted by Crippen LogP contribution is 2.45. The standard InChI is InChI=1S/C64H70N2O16S2/c1-7-43(37-63(5,61(71)79-57-31-33-77-59(57)69)35-41(3)45-15-23-51(67)24-16-45)47-19-27-53(28-20-47)83(73,74)81-65-39-49-13-14-50(56-12-10-9-11-55(49)56)40-66-82-84(75,76)54-29-21-48(22-30-54)44(8-2)38-64(6,62(72)80-58-32-34-78-60(58)70)36-42(4)46-17-25-52(68)26-18-46/h9-30,39-44,57-58,67-68H,7-8,31-38H2,1-6H3/b65-39+,66-40+. The maximum Gasteiger partial charge on any atom is 0.358 e. The average molecular weight is 1190 g/mol. The molecule has 8 unspecified atom stereocenters. The minimum atomic E-state index is -4.41. The Morgan fingerprint density at radius 3 is 1.21 bits per heavy atom. The molecule has 2 fully saturated rings. The third-order valence-corrected chi connectivity index (χ3v) is 18.3. The number of phenols is 2. The molecule has 2 heterocycles. The van der Waals surface area contributed by atoms with Crippen LogP contribution in [0.25, 0.3) is 10.8 Å². The van der Waals surface area contributed by atoms with Crippen LogP contribution in [0.1, 0.15) is 150 Å². The van der Waals surface area contributed by atoms with Crippen LogP contribution in [0, 0.1) is 10.8 Å². The topological polar surface area (TPSA) is 257 Å². The van der Waals surface area contributed by atoms with Gasteiger partial charge in [0, 0.05) is 24.0 Å². The quantitative estimate of drug-likeness (QED) is 0.0221. The summed E-state index contributed by atoms with van der Waals surface area (Å²) < 4.78 is 85.8. The van der Waals surface area contributed by atoms with Crippen molar-refractivity contribution in [1.82, 2.24) is 0 Å². The molecule has 444 valence electrons. The van der Waals surface area contributed by atoms with Gasteiger partial charge in [0.15, 0.2) is 0 Å². The molecule has 2 saturated heterocycles. The van der Waals surface area contributed by atoms with Gasteiger partial charge in [-0.2, -0.15) is 16.8 Å². The molecule has 6 aromatic rings. The van der Waals surface area contributed by atoms with E-state index < -0.39 is 67.2 Å². The molecular weight excluding hydrogens is 1120 g/mol. The van der Waals surface area contributed by atoms with Gasteiger partial charge >= 0.3 is 44.1 Å². The van der Waals surface area contributed by atoms with Crippen LogP contribution in [-0.4, -0.2) is 88.8 Å². The number of cyclic esters (lactones) is 2. The summed E-state index contributed by atoms with van der Waals surface area (Å²) in [6.07, 6.45) is 3.58. The summed E-state index contributed by atoms with van der Waals surface area (Å²) in [5.74, 6) is -2.72. The van der Waals surface area contributed by atoms with E-state index in [0.29, 0.717) is 60.4 Å². The lowest BCUT2D eigenvalue weighted by molar-refractivity contribution is -0.169. The Morgan fingerprint density at radius 1 is 0.548 bits per heavy atom. The van der Waals surface area contributed by atoms with Crippen molar-refractivity contribution < 1.29 is 73.7 Å². The first kappa shape index (κ1) is 62.0. The Bertz CT molecular complexity index is 3370. The van der Waals surface area contributed by atoms with Crippen LogP contribution in [0.4, 0.5) is 0 Å².